The summed E-state index contributed by atoms with van der Waals surface area (Å²) in [5.41, 5.74) is 0. The van der Waals surface area contributed by atoms with Gasteiger partial charge >= 0.3 is 15.9 Å². The summed E-state index contributed by atoms with van der Waals surface area (Å²) in [4.78, 5) is 19.3. The van der Waals surface area contributed by atoms with E-state index in [-0.39, 0.29) is 11.9 Å². The maximum atomic E-state index is 9.92. The van der Waals surface area contributed by atoms with Gasteiger partial charge in [0.25, 0.3) is 12.4 Å². The quantitative estimate of drug-likeness (QED) is 0.275. The lowest BCUT2D eigenvalue weighted by Gasteiger charge is -1.93. The molecule has 0 unspecified atom stereocenters. The van der Waals surface area contributed by atoms with Crippen molar-refractivity contribution in [3.8, 4) is 0 Å². The van der Waals surface area contributed by atoms with Crippen LogP contribution in [0.1, 0.15) is 6.92 Å². The van der Waals surface area contributed by atoms with Gasteiger partial charge in [-0.2, -0.15) is 0 Å². The van der Waals surface area contributed by atoms with Crippen molar-refractivity contribution in [1.29, 1.82) is 0 Å². The van der Waals surface area contributed by atoms with Crippen molar-refractivity contribution in [1.82, 2.24) is 0 Å². The molecule has 0 atom stereocenters. The Labute approximate surface area is 58.6 Å². The van der Waals surface area contributed by atoms with Gasteiger partial charge in [0.05, 0.1) is 0 Å². The minimum atomic E-state index is -0.929. The summed E-state index contributed by atoms with van der Waals surface area (Å²) in [6.45, 7) is 1.50. The van der Waals surface area contributed by atoms with Crippen LogP contribution in [0.4, 0.5) is 0 Å². The summed E-state index contributed by atoms with van der Waals surface area (Å²) in [6, 6.07) is 0. The van der Waals surface area contributed by atoms with Crippen LogP contribution in [0.15, 0.2) is 0 Å². The van der Waals surface area contributed by atoms with E-state index in [9.17, 15) is 9.59 Å². The largest absolute Gasteiger partial charge is 0.885 e. The van der Waals surface area contributed by atoms with Crippen LogP contribution in [0.3, 0.4) is 0 Å². The van der Waals surface area contributed by atoms with Crippen molar-refractivity contribution >= 4 is 28.3 Å². The first kappa shape index (κ1) is 11.3. The Morgan fingerprint density at radius 1 is 1.67 bits per heavy atom. The van der Waals surface area contributed by atoms with Crippen molar-refractivity contribution in [2.45, 2.75) is 6.92 Å². The number of hydrogen-bond donors (Lipinski definition) is 0. The highest BCUT2D eigenvalue weighted by Gasteiger charge is 2.02. The number of hydrogen-bond acceptors (Lipinski definition) is 4. The van der Waals surface area contributed by atoms with E-state index in [0.717, 1.165) is 0 Å². The first-order chi connectivity index (χ1) is 3.77. The Hall–Kier alpha value is -0.568. The molecule has 0 aliphatic rings. The number of carbonyl (C=O) groups is 2. The monoisotopic (exact) mass is 149 g/mol. The summed E-state index contributed by atoms with van der Waals surface area (Å²) in [5.74, 6) is -0.429. The molecule has 0 aromatic carbocycles. The Morgan fingerprint density at radius 2 is 2.22 bits per heavy atom. The highest BCUT2D eigenvalue weighted by Crippen LogP contribution is 1.70. The first-order valence-corrected chi connectivity index (χ1v) is 2.79. The Morgan fingerprint density at radius 3 is 2.56 bits per heavy atom. The minimum absolute atomic E-state index is 0. The molecular formula is C3H6AlO5. The molecule has 0 spiro atoms. The van der Waals surface area contributed by atoms with Crippen LogP contribution in [-0.2, 0) is 17.2 Å². The lowest BCUT2D eigenvalue weighted by atomic mass is 10.9. The van der Waals surface area contributed by atoms with Gasteiger partial charge in [-0.15, -0.1) is 0 Å². The van der Waals surface area contributed by atoms with Gasteiger partial charge in [-0.05, 0) is 0 Å². The van der Waals surface area contributed by atoms with Crippen molar-refractivity contribution < 1.29 is 22.6 Å². The average Bonchev–Trinajstić information content (AvgIpc) is 1.66. The van der Waals surface area contributed by atoms with Gasteiger partial charge in [0, 0.05) is 6.92 Å². The van der Waals surface area contributed by atoms with Crippen molar-refractivity contribution in [2.75, 3.05) is 0 Å². The summed E-state index contributed by atoms with van der Waals surface area (Å²) in [7, 11) is 0. The molecule has 9 heavy (non-hydrogen) atoms. The second-order valence-electron chi connectivity index (χ2n) is 0.938. The van der Waals surface area contributed by atoms with Crippen LogP contribution in [0.25, 0.3) is 0 Å². The van der Waals surface area contributed by atoms with Gasteiger partial charge in [0.15, 0.2) is 0 Å². The van der Waals surface area contributed by atoms with E-state index in [1.165, 1.54) is 6.92 Å². The van der Waals surface area contributed by atoms with Crippen LogP contribution in [0, 0.1) is 0 Å². The van der Waals surface area contributed by atoms with E-state index < -0.39 is 21.9 Å². The third kappa shape index (κ3) is 11.2. The highest BCUT2D eigenvalue weighted by molar-refractivity contribution is 6.24. The van der Waals surface area contributed by atoms with Crippen molar-refractivity contribution in [3.63, 3.8) is 0 Å². The predicted octanol–water partition coefficient (Wildman–Crippen LogP) is -1.57. The highest BCUT2D eigenvalue weighted by atomic mass is 27.2. The lowest BCUT2D eigenvalue weighted by molar-refractivity contribution is -0.133. The van der Waals surface area contributed by atoms with Crippen LogP contribution in [0.5, 0.6) is 0 Å². The molecule has 0 heterocycles. The van der Waals surface area contributed by atoms with E-state index in [1.807, 2.05) is 0 Å². The number of carbonyl (C=O) groups excluding carboxylic acids is 2. The third-order valence-electron chi connectivity index (χ3n) is 0.325. The van der Waals surface area contributed by atoms with E-state index in [4.69, 9.17) is 0 Å². The molecule has 0 amide bonds. The first-order valence-electron chi connectivity index (χ1n) is 1.85. The summed E-state index contributed by atoms with van der Waals surface area (Å²) < 4.78 is 8.38. The average molecular weight is 149 g/mol. The Kier molecular flexibility index (Phi) is 9.30. The lowest BCUT2D eigenvalue weighted by Crippen LogP contribution is -2.06. The van der Waals surface area contributed by atoms with Crippen molar-refractivity contribution in [3.05, 3.63) is 0 Å². The second kappa shape index (κ2) is 7.43. The van der Waals surface area contributed by atoms with Crippen LogP contribution >= 0.6 is 0 Å². The Bertz CT molecular complexity index is 92.2. The van der Waals surface area contributed by atoms with Gasteiger partial charge in [-0.1, -0.05) is 0 Å². The summed E-state index contributed by atoms with van der Waals surface area (Å²) in [6.07, 6.45) is 0. The molecule has 0 bridgehead atoms. The molecule has 1 radical (unpaired) electrons. The molecular weight excluding hydrogens is 143 g/mol. The molecule has 0 rings (SSSR count). The normalized spacial score (nSPS) is 6.33. The van der Waals surface area contributed by atoms with Crippen molar-refractivity contribution in [2.24, 2.45) is 0 Å². The second-order valence-corrected chi connectivity index (χ2v) is 1.64. The zero-order valence-electron chi connectivity index (χ0n) is 4.79. The molecule has 0 aromatic rings. The Balaban J connectivity index is 0. The van der Waals surface area contributed by atoms with Crippen LogP contribution < -0.4 is 0 Å². The third-order valence-corrected chi connectivity index (χ3v) is 0.976. The fraction of sp³-hybridized carbons (Fsp3) is 0.333. The van der Waals surface area contributed by atoms with Gasteiger partial charge in [-0.3, -0.25) is 9.59 Å². The standard InChI is InChI=1S/C2H4O2.CH2O2.Al.H2O/c1-2(3)4;2-1-3;;/h1H3,(H,3,4);1H,(H,2,3);;1H2/q;;+2;/p-2. The molecule has 51 valence electrons. The molecule has 2 N–H and O–H groups in total. The smallest absolute Gasteiger partial charge is 0.592 e. The van der Waals surface area contributed by atoms with Crippen LogP contribution in [0.2, 0.25) is 0 Å². The minimum Gasteiger partial charge on any atom is -0.592 e. The number of rotatable bonds is 3. The maximum Gasteiger partial charge on any atom is 0.885 e. The van der Waals surface area contributed by atoms with Gasteiger partial charge < -0.3 is 13.1 Å². The van der Waals surface area contributed by atoms with E-state index in [0.29, 0.717) is 0 Å². The van der Waals surface area contributed by atoms with Gasteiger partial charge in [-0.25, -0.2) is 0 Å². The molecule has 6 heteroatoms. The molecule has 0 fully saturated rings. The van der Waals surface area contributed by atoms with E-state index in [2.05, 4.69) is 7.58 Å². The fourth-order valence-electron chi connectivity index (χ4n) is 0.118. The molecule has 0 saturated heterocycles. The molecule has 0 aliphatic heterocycles. The van der Waals surface area contributed by atoms with Gasteiger partial charge in [0.1, 0.15) is 0 Å². The zero-order valence-corrected chi connectivity index (χ0v) is 5.94. The molecule has 0 aliphatic carbocycles. The molecule has 0 aromatic heterocycles. The molecule has 0 saturated carbocycles. The SMILES string of the molecule is CC(=O)[O][Al][O]C=O.O. The van der Waals surface area contributed by atoms with Crippen LogP contribution in [-0.4, -0.2) is 33.8 Å². The van der Waals surface area contributed by atoms with Gasteiger partial charge in [0.2, 0.25) is 0 Å². The zero-order chi connectivity index (χ0) is 6.41. The summed E-state index contributed by atoms with van der Waals surface area (Å²) >= 11 is -0.929. The van der Waals surface area contributed by atoms with E-state index >= 15 is 0 Å². The topological polar surface area (TPSA) is 84.1 Å². The molecule has 5 nitrogen and oxygen atoms in total. The maximum absolute atomic E-state index is 9.92. The predicted molar refractivity (Wildman–Crippen MR) is 28.3 cm³/mol. The fourth-order valence-corrected chi connectivity index (χ4v) is 0.355. The van der Waals surface area contributed by atoms with E-state index in [1.54, 1.807) is 0 Å². The summed E-state index contributed by atoms with van der Waals surface area (Å²) in [5, 5.41) is 0.